The molecule has 0 radical (unpaired) electrons. The van der Waals surface area contributed by atoms with E-state index in [1.54, 1.807) is 6.92 Å². The van der Waals surface area contributed by atoms with Gasteiger partial charge in [0.25, 0.3) is 0 Å². The largest absolute Gasteiger partial charge is 0.507 e. The van der Waals surface area contributed by atoms with Crippen LogP contribution in [0.2, 0.25) is 0 Å². The summed E-state index contributed by atoms with van der Waals surface area (Å²) < 4.78 is 0. The molecule has 0 saturated carbocycles. The zero-order valence-corrected chi connectivity index (χ0v) is 17.7. The molecule has 3 rings (SSSR count). The Kier molecular flexibility index (Phi) is 5.27. The third kappa shape index (κ3) is 3.53. The maximum Gasteiger partial charge on any atom is 0.339 e. The smallest absolute Gasteiger partial charge is 0.339 e. The van der Waals surface area contributed by atoms with Gasteiger partial charge in [-0.2, -0.15) is 0 Å². The molecule has 29 heavy (non-hydrogen) atoms. The third-order valence-corrected chi connectivity index (χ3v) is 6.11. The van der Waals surface area contributed by atoms with Gasteiger partial charge in [-0.15, -0.1) is 0 Å². The van der Waals surface area contributed by atoms with Crippen LogP contribution in [-0.4, -0.2) is 16.2 Å². The van der Waals surface area contributed by atoms with Crippen LogP contribution >= 0.6 is 0 Å². The second-order valence-corrected chi connectivity index (χ2v) is 8.61. The van der Waals surface area contributed by atoms with Gasteiger partial charge in [-0.05, 0) is 29.2 Å². The number of phenols is 1. The molecule has 0 unspecified atom stereocenters. The summed E-state index contributed by atoms with van der Waals surface area (Å²) >= 11 is 0. The third-order valence-electron chi connectivity index (χ3n) is 6.11. The summed E-state index contributed by atoms with van der Waals surface area (Å²) in [5.74, 6) is -1.27. The minimum atomic E-state index is -1.11. The van der Waals surface area contributed by atoms with Gasteiger partial charge in [-0.25, -0.2) is 4.79 Å². The SMILES string of the molecule is Cc1c(C(C)(C)c2ccccc2)cc(C(C)(C)c2ccccc2)c(O)c1C(=O)O. The van der Waals surface area contributed by atoms with Crippen LogP contribution in [0.4, 0.5) is 0 Å². The fourth-order valence-electron chi connectivity index (χ4n) is 4.18. The van der Waals surface area contributed by atoms with Crippen molar-refractivity contribution in [3.63, 3.8) is 0 Å². The van der Waals surface area contributed by atoms with E-state index in [0.29, 0.717) is 11.1 Å². The molecule has 0 atom stereocenters. The van der Waals surface area contributed by atoms with Crippen LogP contribution in [0, 0.1) is 6.92 Å². The van der Waals surface area contributed by atoms with Crippen molar-refractivity contribution in [2.75, 3.05) is 0 Å². The van der Waals surface area contributed by atoms with Crippen LogP contribution in [0.15, 0.2) is 66.7 Å². The maximum atomic E-state index is 12.1. The van der Waals surface area contributed by atoms with E-state index in [1.807, 2.05) is 68.4 Å². The van der Waals surface area contributed by atoms with Crippen LogP contribution in [0.5, 0.6) is 5.75 Å². The van der Waals surface area contributed by atoms with E-state index in [9.17, 15) is 15.0 Å². The normalized spacial score (nSPS) is 12.0. The van der Waals surface area contributed by atoms with Crippen molar-refractivity contribution in [3.05, 3.63) is 100 Å². The van der Waals surface area contributed by atoms with Gasteiger partial charge < -0.3 is 10.2 Å². The number of benzene rings is 3. The molecule has 0 amide bonds. The number of hydrogen-bond donors (Lipinski definition) is 2. The first-order chi connectivity index (χ1) is 13.6. The summed E-state index contributed by atoms with van der Waals surface area (Å²) in [4.78, 5) is 12.1. The van der Waals surface area contributed by atoms with E-state index in [0.717, 1.165) is 16.7 Å². The second-order valence-electron chi connectivity index (χ2n) is 8.61. The molecule has 0 spiro atoms. The van der Waals surface area contributed by atoms with Gasteiger partial charge in [0.1, 0.15) is 11.3 Å². The van der Waals surface area contributed by atoms with Gasteiger partial charge in [0, 0.05) is 16.4 Å². The number of aromatic hydroxyl groups is 1. The van der Waals surface area contributed by atoms with Gasteiger partial charge in [0.2, 0.25) is 0 Å². The van der Waals surface area contributed by atoms with Crippen molar-refractivity contribution < 1.29 is 15.0 Å². The predicted octanol–water partition coefficient (Wildman–Crippen LogP) is 6.05. The maximum absolute atomic E-state index is 12.1. The van der Waals surface area contributed by atoms with E-state index in [2.05, 4.69) is 26.0 Å². The lowest BCUT2D eigenvalue weighted by molar-refractivity contribution is 0.0692. The first-order valence-electron chi connectivity index (χ1n) is 9.80. The summed E-state index contributed by atoms with van der Waals surface area (Å²) in [6, 6.07) is 21.9. The number of rotatable bonds is 5. The van der Waals surface area contributed by atoms with Crippen molar-refractivity contribution >= 4 is 5.97 Å². The lowest BCUT2D eigenvalue weighted by Crippen LogP contribution is -2.26. The highest BCUT2D eigenvalue weighted by Crippen LogP contribution is 2.44. The number of aromatic carboxylic acids is 1. The lowest BCUT2D eigenvalue weighted by atomic mass is 9.70. The molecule has 0 aliphatic heterocycles. The van der Waals surface area contributed by atoms with Crippen LogP contribution in [-0.2, 0) is 10.8 Å². The monoisotopic (exact) mass is 388 g/mol. The predicted molar refractivity (Wildman–Crippen MR) is 117 cm³/mol. The van der Waals surface area contributed by atoms with Gasteiger partial charge in [0.15, 0.2) is 0 Å². The molecule has 3 heteroatoms. The Balaban J connectivity index is 2.33. The zero-order chi connectivity index (χ0) is 21.4. The summed E-state index contributed by atoms with van der Waals surface area (Å²) in [5, 5.41) is 20.9. The van der Waals surface area contributed by atoms with Crippen molar-refractivity contribution in [2.45, 2.75) is 45.4 Å². The van der Waals surface area contributed by atoms with Crippen molar-refractivity contribution in [3.8, 4) is 5.75 Å². The van der Waals surface area contributed by atoms with E-state index in [-0.39, 0.29) is 11.3 Å². The molecule has 0 heterocycles. The summed E-state index contributed by atoms with van der Waals surface area (Å²) in [7, 11) is 0. The molecule has 0 aromatic heterocycles. The van der Waals surface area contributed by atoms with Crippen LogP contribution in [0.1, 0.15) is 65.9 Å². The lowest BCUT2D eigenvalue weighted by Gasteiger charge is -2.33. The van der Waals surface area contributed by atoms with Gasteiger partial charge in [-0.3, -0.25) is 0 Å². The standard InChI is InChI=1S/C26H28O3/c1-17-20(25(2,3)18-12-8-6-9-13-18)16-21(23(27)22(17)24(28)29)26(4,5)19-14-10-7-11-15-19/h6-16,27H,1-5H3,(H,28,29). The Bertz CT molecular complexity index is 957. The fourth-order valence-corrected chi connectivity index (χ4v) is 4.18. The average Bonchev–Trinajstić information content (AvgIpc) is 2.68. The summed E-state index contributed by atoms with van der Waals surface area (Å²) in [6.07, 6.45) is 0. The van der Waals surface area contributed by atoms with Gasteiger partial charge in [0.05, 0.1) is 0 Å². The molecule has 0 aliphatic carbocycles. The number of carboxylic acids is 1. The van der Waals surface area contributed by atoms with Gasteiger partial charge in [-0.1, -0.05) is 94.4 Å². The molecule has 0 saturated heterocycles. The average molecular weight is 389 g/mol. The van der Waals surface area contributed by atoms with E-state index >= 15 is 0 Å². The number of carbonyl (C=O) groups is 1. The Morgan fingerprint density at radius 3 is 1.59 bits per heavy atom. The summed E-state index contributed by atoms with van der Waals surface area (Å²) in [6.45, 7) is 9.98. The minimum Gasteiger partial charge on any atom is -0.507 e. The molecule has 0 fully saturated rings. The highest BCUT2D eigenvalue weighted by molar-refractivity contribution is 5.94. The molecule has 0 aliphatic rings. The van der Waals surface area contributed by atoms with Crippen LogP contribution < -0.4 is 0 Å². The Hall–Kier alpha value is -3.07. The van der Waals surface area contributed by atoms with Crippen molar-refractivity contribution in [2.24, 2.45) is 0 Å². The zero-order valence-electron chi connectivity index (χ0n) is 17.7. The molecule has 150 valence electrons. The second kappa shape index (κ2) is 7.40. The molecule has 3 aromatic rings. The first kappa shape index (κ1) is 20.7. The molecular formula is C26H28O3. The molecule has 3 nitrogen and oxygen atoms in total. The van der Waals surface area contributed by atoms with Crippen molar-refractivity contribution in [1.29, 1.82) is 0 Å². The van der Waals surface area contributed by atoms with Crippen LogP contribution in [0.25, 0.3) is 0 Å². The Labute approximate surface area is 172 Å². The number of hydrogen-bond acceptors (Lipinski definition) is 2. The quantitative estimate of drug-likeness (QED) is 0.559. The molecule has 0 bridgehead atoms. The molecule has 2 N–H and O–H groups in total. The molecule has 3 aromatic carbocycles. The summed E-state index contributed by atoms with van der Waals surface area (Å²) in [5.41, 5.74) is 3.20. The number of carboxylic acid groups (broad SMARTS) is 1. The Morgan fingerprint density at radius 2 is 1.17 bits per heavy atom. The first-order valence-corrected chi connectivity index (χ1v) is 9.80. The Morgan fingerprint density at radius 1 is 0.759 bits per heavy atom. The van der Waals surface area contributed by atoms with Crippen molar-refractivity contribution in [1.82, 2.24) is 0 Å². The highest BCUT2D eigenvalue weighted by atomic mass is 16.4. The highest BCUT2D eigenvalue weighted by Gasteiger charge is 2.35. The van der Waals surface area contributed by atoms with E-state index in [1.165, 1.54) is 0 Å². The topological polar surface area (TPSA) is 57.5 Å². The van der Waals surface area contributed by atoms with Crippen LogP contribution in [0.3, 0.4) is 0 Å². The minimum absolute atomic E-state index is 0.0227. The van der Waals surface area contributed by atoms with E-state index in [4.69, 9.17) is 0 Å². The van der Waals surface area contributed by atoms with Gasteiger partial charge >= 0.3 is 5.97 Å². The molecular weight excluding hydrogens is 360 g/mol. The van der Waals surface area contributed by atoms with E-state index < -0.39 is 16.8 Å². The fraction of sp³-hybridized carbons (Fsp3) is 0.269.